The smallest absolute Gasteiger partial charge is 0.338 e. The molecule has 0 unspecified atom stereocenters. The molecule has 144 valence electrons. The number of anilines is 2. The van der Waals surface area contributed by atoms with Gasteiger partial charge >= 0.3 is 6.18 Å². The molecule has 0 aliphatic carbocycles. The van der Waals surface area contributed by atoms with Crippen LogP contribution in [0.3, 0.4) is 0 Å². The highest BCUT2D eigenvalue weighted by molar-refractivity contribution is 5.89. The SMILES string of the molecule is Cc1cc(C(F)(F)F)cc(C)c1Nc1nccc2c1ncn2-c1cn(C)cn1. The third kappa shape index (κ3) is 3.08. The summed E-state index contributed by atoms with van der Waals surface area (Å²) in [6.45, 7) is 3.27. The third-order valence-corrected chi connectivity index (χ3v) is 4.51. The zero-order chi connectivity index (χ0) is 20.1. The van der Waals surface area contributed by atoms with E-state index in [0.717, 1.165) is 17.6 Å². The van der Waals surface area contributed by atoms with Crippen molar-refractivity contribution < 1.29 is 13.2 Å². The van der Waals surface area contributed by atoms with Gasteiger partial charge in [-0.05, 0) is 43.2 Å². The van der Waals surface area contributed by atoms with E-state index in [-0.39, 0.29) is 0 Å². The Morgan fingerprint density at radius 3 is 2.32 bits per heavy atom. The van der Waals surface area contributed by atoms with Gasteiger partial charge in [0, 0.05) is 25.1 Å². The number of hydrogen-bond acceptors (Lipinski definition) is 4. The molecule has 0 fully saturated rings. The number of hydrogen-bond donors (Lipinski definition) is 1. The van der Waals surface area contributed by atoms with Crippen molar-refractivity contribution in [3.8, 4) is 5.82 Å². The fourth-order valence-corrected chi connectivity index (χ4v) is 3.18. The van der Waals surface area contributed by atoms with Gasteiger partial charge < -0.3 is 9.88 Å². The van der Waals surface area contributed by atoms with Gasteiger partial charge in [-0.3, -0.25) is 4.57 Å². The number of fused-ring (bicyclic) bond motifs is 1. The van der Waals surface area contributed by atoms with Crippen molar-refractivity contribution in [2.75, 3.05) is 5.32 Å². The lowest BCUT2D eigenvalue weighted by atomic mass is 10.0. The van der Waals surface area contributed by atoms with E-state index in [0.29, 0.717) is 34.0 Å². The Morgan fingerprint density at radius 2 is 1.71 bits per heavy atom. The van der Waals surface area contributed by atoms with Gasteiger partial charge in [0.2, 0.25) is 0 Å². The zero-order valence-electron chi connectivity index (χ0n) is 15.4. The van der Waals surface area contributed by atoms with E-state index in [1.807, 2.05) is 28.4 Å². The summed E-state index contributed by atoms with van der Waals surface area (Å²) in [5.41, 5.74) is 2.27. The predicted molar refractivity (Wildman–Crippen MR) is 99.8 cm³/mol. The summed E-state index contributed by atoms with van der Waals surface area (Å²) in [4.78, 5) is 13.1. The molecule has 0 saturated carbocycles. The molecule has 0 amide bonds. The number of nitrogens with one attached hydrogen (secondary N) is 1. The molecule has 1 aromatic carbocycles. The van der Waals surface area contributed by atoms with Crippen LogP contribution in [0.25, 0.3) is 16.9 Å². The van der Waals surface area contributed by atoms with Gasteiger partial charge in [-0.1, -0.05) is 0 Å². The summed E-state index contributed by atoms with van der Waals surface area (Å²) >= 11 is 0. The van der Waals surface area contributed by atoms with Gasteiger partial charge in [-0.2, -0.15) is 13.2 Å². The minimum Gasteiger partial charge on any atom is -0.338 e. The van der Waals surface area contributed by atoms with Crippen molar-refractivity contribution >= 4 is 22.5 Å². The van der Waals surface area contributed by atoms with Crippen LogP contribution in [0.1, 0.15) is 16.7 Å². The first kappa shape index (κ1) is 18.0. The maximum Gasteiger partial charge on any atom is 0.416 e. The number of halogens is 3. The minimum atomic E-state index is -4.38. The first-order valence-corrected chi connectivity index (χ1v) is 8.50. The molecule has 3 heterocycles. The van der Waals surface area contributed by atoms with Crippen LogP contribution in [-0.2, 0) is 13.2 Å². The van der Waals surface area contributed by atoms with Crippen molar-refractivity contribution in [1.82, 2.24) is 24.1 Å². The van der Waals surface area contributed by atoms with Gasteiger partial charge in [-0.15, -0.1) is 0 Å². The second kappa shape index (κ2) is 6.36. The maximum atomic E-state index is 13.0. The fraction of sp³-hybridized carbons (Fsp3) is 0.211. The standard InChI is InChI=1S/C19H17F3N6/c1-11-6-13(19(20,21)22)7-12(2)16(11)26-18-17-14(4-5-23-18)28(10-25-17)15-8-27(3)9-24-15/h4-10H,1-3H3,(H,23,26). The summed E-state index contributed by atoms with van der Waals surface area (Å²) < 4.78 is 42.7. The largest absolute Gasteiger partial charge is 0.416 e. The van der Waals surface area contributed by atoms with Crippen LogP contribution in [-0.4, -0.2) is 24.1 Å². The number of nitrogens with zero attached hydrogens (tertiary/aromatic N) is 5. The Bertz CT molecular complexity index is 1150. The van der Waals surface area contributed by atoms with Crippen LogP contribution < -0.4 is 5.32 Å². The second-order valence-electron chi connectivity index (χ2n) is 6.65. The van der Waals surface area contributed by atoms with Crippen molar-refractivity contribution in [3.63, 3.8) is 0 Å². The molecule has 6 nitrogen and oxygen atoms in total. The lowest BCUT2D eigenvalue weighted by molar-refractivity contribution is -0.137. The number of aromatic nitrogens is 5. The molecule has 0 aliphatic heterocycles. The molecular formula is C19H17F3N6. The van der Waals surface area contributed by atoms with Crippen LogP contribution in [0.2, 0.25) is 0 Å². The summed E-state index contributed by atoms with van der Waals surface area (Å²) in [7, 11) is 1.88. The molecule has 0 radical (unpaired) electrons. The van der Waals surface area contributed by atoms with Crippen LogP contribution in [0.15, 0.2) is 43.2 Å². The van der Waals surface area contributed by atoms with Crippen molar-refractivity contribution in [1.29, 1.82) is 0 Å². The molecule has 4 aromatic rings. The molecular weight excluding hydrogens is 369 g/mol. The predicted octanol–water partition coefficient (Wildman–Crippen LogP) is 4.53. The van der Waals surface area contributed by atoms with Crippen molar-refractivity contribution in [3.05, 3.63) is 59.9 Å². The number of imidazole rings is 2. The van der Waals surface area contributed by atoms with E-state index < -0.39 is 11.7 Å². The maximum absolute atomic E-state index is 13.0. The van der Waals surface area contributed by atoms with E-state index in [2.05, 4.69) is 20.3 Å². The second-order valence-corrected chi connectivity index (χ2v) is 6.65. The molecule has 0 saturated heterocycles. The quantitative estimate of drug-likeness (QED) is 0.562. The average Bonchev–Trinajstić information content (AvgIpc) is 3.23. The topological polar surface area (TPSA) is 60.6 Å². The summed E-state index contributed by atoms with van der Waals surface area (Å²) in [6, 6.07) is 4.07. The Morgan fingerprint density at radius 1 is 1.00 bits per heavy atom. The van der Waals surface area contributed by atoms with Gasteiger partial charge in [0.15, 0.2) is 11.6 Å². The molecule has 0 aliphatic rings. The van der Waals surface area contributed by atoms with Gasteiger partial charge in [0.05, 0.1) is 17.4 Å². The number of alkyl halides is 3. The van der Waals surface area contributed by atoms with E-state index in [1.54, 1.807) is 32.7 Å². The van der Waals surface area contributed by atoms with Crippen LogP contribution >= 0.6 is 0 Å². The van der Waals surface area contributed by atoms with E-state index in [1.165, 1.54) is 0 Å². The van der Waals surface area contributed by atoms with Crippen molar-refractivity contribution in [2.24, 2.45) is 7.05 Å². The molecule has 4 rings (SSSR count). The van der Waals surface area contributed by atoms with E-state index in [9.17, 15) is 13.2 Å². The molecule has 1 N–H and O–H groups in total. The third-order valence-electron chi connectivity index (χ3n) is 4.51. The first-order valence-electron chi connectivity index (χ1n) is 8.50. The number of pyridine rings is 1. The van der Waals surface area contributed by atoms with Gasteiger partial charge in [-0.25, -0.2) is 15.0 Å². The molecule has 0 spiro atoms. The number of rotatable bonds is 3. The van der Waals surface area contributed by atoms with Crippen LogP contribution in [0.5, 0.6) is 0 Å². The summed E-state index contributed by atoms with van der Waals surface area (Å²) in [5.74, 6) is 1.18. The highest BCUT2D eigenvalue weighted by atomic mass is 19.4. The van der Waals surface area contributed by atoms with E-state index in [4.69, 9.17) is 0 Å². The average molecular weight is 386 g/mol. The zero-order valence-corrected chi connectivity index (χ0v) is 15.4. The fourth-order valence-electron chi connectivity index (χ4n) is 3.18. The Labute approximate surface area is 158 Å². The Balaban J connectivity index is 1.76. The lowest BCUT2D eigenvalue weighted by Crippen LogP contribution is -2.08. The molecule has 3 aromatic heterocycles. The van der Waals surface area contributed by atoms with Gasteiger partial charge in [0.25, 0.3) is 0 Å². The van der Waals surface area contributed by atoms with E-state index >= 15 is 0 Å². The first-order chi connectivity index (χ1) is 13.2. The highest BCUT2D eigenvalue weighted by Gasteiger charge is 2.31. The van der Waals surface area contributed by atoms with Crippen molar-refractivity contribution in [2.45, 2.75) is 20.0 Å². The highest BCUT2D eigenvalue weighted by Crippen LogP contribution is 2.35. The Hall–Kier alpha value is -3.36. The van der Waals surface area contributed by atoms with Crippen LogP contribution in [0.4, 0.5) is 24.7 Å². The summed E-state index contributed by atoms with van der Waals surface area (Å²) in [6.07, 6.45) is 2.44. The minimum absolute atomic E-state index is 0.470. The molecule has 9 heteroatoms. The number of benzene rings is 1. The molecule has 0 atom stereocenters. The Kier molecular flexibility index (Phi) is 4.10. The number of aryl methyl sites for hydroxylation is 3. The van der Waals surface area contributed by atoms with Gasteiger partial charge in [0.1, 0.15) is 11.8 Å². The molecule has 28 heavy (non-hydrogen) atoms. The lowest BCUT2D eigenvalue weighted by Gasteiger charge is -2.16. The summed E-state index contributed by atoms with van der Waals surface area (Å²) in [5, 5.41) is 3.15. The normalized spacial score (nSPS) is 11.9. The monoisotopic (exact) mass is 386 g/mol. The molecule has 0 bridgehead atoms. The van der Waals surface area contributed by atoms with Crippen LogP contribution in [0, 0.1) is 13.8 Å².